The Balaban J connectivity index is 1.59. The predicted molar refractivity (Wildman–Crippen MR) is 118 cm³/mol. The molecule has 31 heavy (non-hydrogen) atoms. The number of aryl methyl sites for hydroxylation is 1. The first kappa shape index (κ1) is 21.6. The molecule has 2 aliphatic rings. The van der Waals surface area contributed by atoms with Crippen LogP contribution in [0.15, 0.2) is 23.2 Å². The van der Waals surface area contributed by atoms with Crippen LogP contribution in [0.25, 0.3) is 0 Å². The summed E-state index contributed by atoms with van der Waals surface area (Å²) in [6.45, 7) is 4.44. The van der Waals surface area contributed by atoms with Crippen molar-refractivity contribution in [2.24, 2.45) is 5.92 Å². The number of carbonyl (C=O) groups excluding carboxylic acids is 2. The number of aromatic nitrogens is 1. The van der Waals surface area contributed by atoms with E-state index < -0.39 is 23.1 Å². The fourth-order valence-corrected chi connectivity index (χ4v) is 5.14. The molecular formula is C22H23ClN2O5S. The number of hydrogen-bond acceptors (Lipinski definition) is 8. The number of fused-ring (bicyclic) bond motifs is 1. The maximum Gasteiger partial charge on any atom is 0.236 e. The van der Waals surface area contributed by atoms with Crippen molar-refractivity contribution in [2.75, 3.05) is 20.8 Å². The first-order chi connectivity index (χ1) is 14.8. The zero-order chi connectivity index (χ0) is 22.3. The quantitative estimate of drug-likeness (QED) is 0.654. The zero-order valence-electron chi connectivity index (χ0n) is 17.7. The van der Waals surface area contributed by atoms with Crippen molar-refractivity contribution in [3.05, 3.63) is 44.5 Å². The average Bonchev–Trinajstić information content (AvgIpc) is 3.29. The van der Waals surface area contributed by atoms with Gasteiger partial charge in [-0.25, -0.2) is 4.98 Å². The van der Waals surface area contributed by atoms with Crippen LogP contribution in [0.4, 0.5) is 0 Å². The molecule has 0 radical (unpaired) electrons. The van der Waals surface area contributed by atoms with E-state index >= 15 is 0 Å². The molecule has 1 aliphatic heterocycles. The van der Waals surface area contributed by atoms with Crippen LogP contribution >= 0.6 is 22.9 Å². The summed E-state index contributed by atoms with van der Waals surface area (Å²) in [7, 11) is 2.90. The minimum absolute atomic E-state index is 0.131. The lowest BCUT2D eigenvalue weighted by atomic mass is 9.74. The molecule has 0 saturated carbocycles. The maximum absolute atomic E-state index is 13.5. The Labute approximate surface area is 189 Å². The highest BCUT2D eigenvalue weighted by Crippen LogP contribution is 2.52. The Morgan fingerprint density at radius 1 is 1.32 bits per heavy atom. The number of thiazole rings is 1. The number of carbonyl (C=O) groups is 2. The van der Waals surface area contributed by atoms with Crippen molar-refractivity contribution in [3.8, 4) is 17.2 Å². The van der Waals surface area contributed by atoms with E-state index in [2.05, 4.69) is 10.3 Å². The number of benzene rings is 1. The minimum Gasteiger partial charge on any atom is -0.496 e. The van der Waals surface area contributed by atoms with Gasteiger partial charge < -0.3 is 19.5 Å². The molecule has 1 aliphatic carbocycles. The molecule has 2 heterocycles. The van der Waals surface area contributed by atoms with E-state index in [-0.39, 0.29) is 22.1 Å². The Morgan fingerprint density at radius 3 is 2.68 bits per heavy atom. The third-order valence-electron chi connectivity index (χ3n) is 5.67. The maximum atomic E-state index is 13.5. The lowest BCUT2D eigenvalue weighted by Gasteiger charge is -2.35. The van der Waals surface area contributed by atoms with E-state index in [4.69, 9.17) is 25.8 Å². The Kier molecular flexibility index (Phi) is 5.70. The van der Waals surface area contributed by atoms with Gasteiger partial charge in [-0.2, -0.15) is 0 Å². The van der Waals surface area contributed by atoms with E-state index in [1.54, 1.807) is 11.3 Å². The van der Waals surface area contributed by atoms with Crippen molar-refractivity contribution < 1.29 is 23.8 Å². The van der Waals surface area contributed by atoms with Crippen molar-refractivity contribution in [3.63, 3.8) is 0 Å². The van der Waals surface area contributed by atoms with Gasteiger partial charge in [0, 0.05) is 47.8 Å². The summed E-state index contributed by atoms with van der Waals surface area (Å²) in [5, 5.41) is 6.51. The van der Waals surface area contributed by atoms with Crippen LogP contribution in [0.1, 0.15) is 34.4 Å². The number of ketones is 2. The number of nitrogens with zero attached hydrogens (tertiary/aromatic N) is 1. The average molecular weight is 463 g/mol. The van der Waals surface area contributed by atoms with E-state index in [1.165, 1.54) is 26.4 Å². The number of nitrogens with one attached hydrogen (secondary N) is 1. The van der Waals surface area contributed by atoms with Crippen LogP contribution in [0.2, 0.25) is 5.02 Å². The van der Waals surface area contributed by atoms with Crippen LogP contribution in [0, 0.1) is 12.8 Å². The highest BCUT2D eigenvalue weighted by molar-refractivity contribution is 7.09. The van der Waals surface area contributed by atoms with Gasteiger partial charge in [0.15, 0.2) is 5.75 Å². The second kappa shape index (κ2) is 8.16. The minimum atomic E-state index is -1.65. The molecule has 1 aromatic carbocycles. The van der Waals surface area contributed by atoms with Crippen molar-refractivity contribution in [2.45, 2.75) is 32.3 Å². The number of Topliss-reactive ketones (excluding diaryl/α,β-unsaturated/α-hetero) is 1. The number of methoxy groups -OCH3 is 2. The molecule has 2 aromatic rings. The second-order valence-electron chi connectivity index (χ2n) is 7.66. The van der Waals surface area contributed by atoms with Gasteiger partial charge in [0.2, 0.25) is 17.2 Å². The number of rotatable bonds is 6. The lowest BCUT2D eigenvalue weighted by Crippen LogP contribution is -2.55. The van der Waals surface area contributed by atoms with E-state index in [0.29, 0.717) is 18.7 Å². The van der Waals surface area contributed by atoms with Crippen LogP contribution in [0.3, 0.4) is 0 Å². The highest BCUT2D eigenvalue weighted by atomic mass is 35.5. The standard InChI is InChI=1S/C22H23ClN2O5S/c1-11-7-13(24-6-5-17-25-12(2)10-31-17)8-16(26)22(11)21(27)18-14(28-3)9-15(29-4)19(23)20(18)30-22/h8-11,24H,5-7H2,1-4H3/t11-,22+/m1/s1. The van der Waals surface area contributed by atoms with E-state index in [9.17, 15) is 9.59 Å². The molecule has 2 atom stereocenters. The Hall–Kier alpha value is -2.58. The molecule has 7 nitrogen and oxygen atoms in total. The predicted octanol–water partition coefficient (Wildman–Crippen LogP) is 3.76. The molecule has 4 rings (SSSR count). The first-order valence-corrected chi connectivity index (χ1v) is 11.2. The molecule has 1 aromatic heterocycles. The summed E-state index contributed by atoms with van der Waals surface area (Å²) in [6, 6.07) is 1.53. The third kappa shape index (κ3) is 3.47. The molecule has 9 heteroatoms. The number of halogens is 1. The van der Waals surface area contributed by atoms with Gasteiger partial charge in [-0.3, -0.25) is 9.59 Å². The summed E-state index contributed by atoms with van der Waals surface area (Å²) >= 11 is 8.02. The summed E-state index contributed by atoms with van der Waals surface area (Å²) < 4.78 is 16.7. The highest BCUT2D eigenvalue weighted by Gasteiger charge is 2.60. The monoisotopic (exact) mass is 462 g/mol. The number of allylic oxidation sites excluding steroid dienone is 1. The molecule has 0 fully saturated rings. The Bertz CT molecular complexity index is 1100. The topological polar surface area (TPSA) is 86.8 Å². The summed E-state index contributed by atoms with van der Waals surface area (Å²) in [4.78, 5) is 31.1. The van der Waals surface area contributed by atoms with Gasteiger partial charge in [0.25, 0.3) is 0 Å². The first-order valence-electron chi connectivity index (χ1n) is 9.90. The fraction of sp³-hybridized carbons (Fsp3) is 0.409. The molecule has 0 saturated heterocycles. The van der Waals surface area contributed by atoms with Gasteiger partial charge in [-0.1, -0.05) is 18.5 Å². The SMILES string of the molecule is COc1cc(OC)c2c(c1Cl)O[C@@]1(C(=O)C=C(NCCc3nc(C)cs3)C[C@H]1C)C2=O. The molecular weight excluding hydrogens is 440 g/mol. The number of hydrogen-bond donors (Lipinski definition) is 1. The Morgan fingerprint density at radius 2 is 2.06 bits per heavy atom. The second-order valence-corrected chi connectivity index (χ2v) is 8.99. The van der Waals surface area contributed by atoms with Crippen LogP contribution in [-0.4, -0.2) is 42.9 Å². The molecule has 0 unspecified atom stereocenters. The fourth-order valence-electron chi connectivity index (χ4n) is 4.10. The van der Waals surface area contributed by atoms with E-state index in [0.717, 1.165) is 22.8 Å². The van der Waals surface area contributed by atoms with Crippen LogP contribution < -0.4 is 19.5 Å². The van der Waals surface area contributed by atoms with Gasteiger partial charge in [0.05, 0.1) is 19.2 Å². The van der Waals surface area contributed by atoms with E-state index in [1.807, 2.05) is 19.2 Å². The van der Waals surface area contributed by atoms with Crippen LogP contribution in [-0.2, 0) is 11.2 Å². The molecule has 0 amide bonds. The summed E-state index contributed by atoms with van der Waals surface area (Å²) in [5.74, 6) is -0.529. The largest absolute Gasteiger partial charge is 0.496 e. The van der Waals surface area contributed by atoms with Gasteiger partial charge >= 0.3 is 0 Å². The third-order valence-corrected chi connectivity index (χ3v) is 7.05. The van der Waals surface area contributed by atoms with Gasteiger partial charge in [-0.05, 0) is 13.3 Å². The lowest BCUT2D eigenvalue weighted by molar-refractivity contribution is -0.129. The van der Waals surface area contributed by atoms with Crippen molar-refractivity contribution in [1.29, 1.82) is 0 Å². The van der Waals surface area contributed by atoms with Gasteiger partial charge in [0.1, 0.15) is 22.1 Å². The molecule has 1 N–H and O–H groups in total. The summed E-state index contributed by atoms with van der Waals surface area (Å²) in [6.07, 6.45) is 2.71. The number of ether oxygens (including phenoxy) is 3. The smallest absolute Gasteiger partial charge is 0.236 e. The van der Waals surface area contributed by atoms with Gasteiger partial charge in [-0.15, -0.1) is 11.3 Å². The zero-order valence-corrected chi connectivity index (χ0v) is 19.3. The van der Waals surface area contributed by atoms with Crippen LogP contribution in [0.5, 0.6) is 17.2 Å². The molecule has 0 bridgehead atoms. The summed E-state index contributed by atoms with van der Waals surface area (Å²) in [5.41, 5.74) is 0.310. The molecule has 1 spiro atoms. The van der Waals surface area contributed by atoms with Crippen molar-refractivity contribution >= 4 is 34.5 Å². The van der Waals surface area contributed by atoms with Crippen molar-refractivity contribution in [1.82, 2.24) is 10.3 Å². The molecule has 164 valence electrons. The normalized spacial score (nSPS) is 22.2.